The Morgan fingerprint density at radius 2 is 2.00 bits per heavy atom. The minimum atomic E-state index is -0.972. The third kappa shape index (κ3) is 2.83. The summed E-state index contributed by atoms with van der Waals surface area (Å²) in [5.74, 6) is -0.763. The predicted octanol–water partition coefficient (Wildman–Crippen LogP) is 1.94. The Morgan fingerprint density at radius 1 is 1.32 bits per heavy atom. The molecule has 0 aliphatic heterocycles. The van der Waals surface area contributed by atoms with Crippen LogP contribution < -0.4 is 5.32 Å². The van der Waals surface area contributed by atoms with Crippen LogP contribution >= 0.6 is 0 Å². The molecule has 22 heavy (non-hydrogen) atoms. The van der Waals surface area contributed by atoms with E-state index >= 15 is 0 Å². The first-order valence-corrected chi connectivity index (χ1v) is 7.10. The average Bonchev–Trinajstić information content (AvgIpc) is 3.25. The van der Waals surface area contributed by atoms with Gasteiger partial charge in [-0.15, -0.1) is 5.10 Å². The fraction of sp³-hybridized carbons (Fsp3) is 0.333. The Balaban J connectivity index is 1.79. The molecular formula is C15H16N4O3. The van der Waals surface area contributed by atoms with Gasteiger partial charge in [0.2, 0.25) is 5.91 Å². The third-order valence-electron chi connectivity index (χ3n) is 3.70. The van der Waals surface area contributed by atoms with Crippen molar-refractivity contribution >= 4 is 17.6 Å². The van der Waals surface area contributed by atoms with Crippen molar-refractivity contribution in [1.82, 2.24) is 15.0 Å². The summed E-state index contributed by atoms with van der Waals surface area (Å²) in [6.45, 7) is 1.55. The summed E-state index contributed by atoms with van der Waals surface area (Å²) in [7, 11) is 0. The topological polar surface area (TPSA) is 97.1 Å². The zero-order valence-electron chi connectivity index (χ0n) is 12.1. The van der Waals surface area contributed by atoms with Gasteiger partial charge in [-0.3, -0.25) is 4.79 Å². The molecule has 1 saturated carbocycles. The molecule has 1 amide bonds. The van der Waals surface area contributed by atoms with Crippen molar-refractivity contribution in [3.63, 3.8) is 0 Å². The van der Waals surface area contributed by atoms with Crippen molar-refractivity contribution in [3.05, 3.63) is 30.5 Å². The number of carboxylic acid groups (broad SMARTS) is 1. The Hall–Kier alpha value is -2.70. The van der Waals surface area contributed by atoms with Crippen LogP contribution in [0.15, 0.2) is 30.5 Å². The van der Waals surface area contributed by atoms with Crippen molar-refractivity contribution < 1.29 is 14.7 Å². The molecule has 1 aromatic heterocycles. The van der Waals surface area contributed by atoms with Crippen molar-refractivity contribution in [2.75, 3.05) is 5.32 Å². The number of aromatic nitrogens is 3. The van der Waals surface area contributed by atoms with Gasteiger partial charge in [0.05, 0.1) is 11.9 Å². The molecule has 1 unspecified atom stereocenters. The minimum absolute atomic E-state index is 0.0546. The standard InChI is InChI=1S/C15H16N4O3/c1-9(15(21)22)19-13(8-16-18-19)10-4-6-12(7-5-10)17-14(20)11-2-3-11/h4-9,11H,2-3H2,1H3,(H,17,20)(H,21,22). The molecule has 7 heteroatoms. The fourth-order valence-electron chi connectivity index (χ4n) is 2.16. The van der Waals surface area contributed by atoms with Crippen LogP contribution in [0.25, 0.3) is 11.3 Å². The third-order valence-corrected chi connectivity index (χ3v) is 3.70. The molecule has 0 bridgehead atoms. The molecule has 1 fully saturated rings. The molecule has 1 atom stereocenters. The number of anilines is 1. The molecule has 2 N–H and O–H groups in total. The molecule has 114 valence electrons. The maximum Gasteiger partial charge on any atom is 0.328 e. The van der Waals surface area contributed by atoms with Gasteiger partial charge in [0.1, 0.15) is 6.04 Å². The van der Waals surface area contributed by atoms with Crippen LogP contribution in [0.5, 0.6) is 0 Å². The van der Waals surface area contributed by atoms with Crippen LogP contribution in [-0.2, 0) is 9.59 Å². The second-order valence-corrected chi connectivity index (χ2v) is 5.42. The zero-order valence-corrected chi connectivity index (χ0v) is 12.1. The zero-order chi connectivity index (χ0) is 15.7. The van der Waals surface area contributed by atoms with Crippen LogP contribution in [0, 0.1) is 5.92 Å². The van der Waals surface area contributed by atoms with Gasteiger partial charge in [0.25, 0.3) is 0 Å². The summed E-state index contributed by atoms with van der Waals surface area (Å²) in [6.07, 6.45) is 3.45. The highest BCUT2D eigenvalue weighted by Gasteiger charge is 2.29. The lowest BCUT2D eigenvalue weighted by molar-refractivity contribution is -0.140. The number of carbonyl (C=O) groups is 2. The van der Waals surface area contributed by atoms with E-state index in [9.17, 15) is 9.59 Å². The Kier molecular flexibility index (Phi) is 3.62. The van der Waals surface area contributed by atoms with Crippen LogP contribution in [-0.4, -0.2) is 32.0 Å². The lowest BCUT2D eigenvalue weighted by atomic mass is 10.1. The van der Waals surface area contributed by atoms with E-state index in [0.717, 1.165) is 24.1 Å². The molecular weight excluding hydrogens is 284 g/mol. The molecule has 1 aliphatic carbocycles. The number of hydrogen-bond donors (Lipinski definition) is 2. The summed E-state index contributed by atoms with van der Waals surface area (Å²) in [4.78, 5) is 22.8. The summed E-state index contributed by atoms with van der Waals surface area (Å²) in [5.41, 5.74) is 2.14. The number of benzene rings is 1. The van der Waals surface area contributed by atoms with E-state index in [2.05, 4.69) is 15.6 Å². The first-order chi connectivity index (χ1) is 10.6. The quantitative estimate of drug-likeness (QED) is 0.879. The van der Waals surface area contributed by atoms with Gasteiger partial charge in [-0.05, 0) is 31.9 Å². The number of nitrogens with one attached hydrogen (secondary N) is 1. The number of amides is 1. The van der Waals surface area contributed by atoms with E-state index in [0.29, 0.717) is 5.69 Å². The highest BCUT2D eigenvalue weighted by Crippen LogP contribution is 2.30. The van der Waals surface area contributed by atoms with Gasteiger partial charge in [0, 0.05) is 17.2 Å². The lowest BCUT2D eigenvalue weighted by Crippen LogP contribution is -2.17. The van der Waals surface area contributed by atoms with Crippen LogP contribution in [0.1, 0.15) is 25.8 Å². The van der Waals surface area contributed by atoms with Crippen molar-refractivity contribution in [2.24, 2.45) is 5.92 Å². The van der Waals surface area contributed by atoms with E-state index in [1.165, 1.54) is 10.9 Å². The van der Waals surface area contributed by atoms with Gasteiger partial charge in [-0.1, -0.05) is 17.3 Å². The normalized spacial score (nSPS) is 15.3. The first kappa shape index (κ1) is 14.2. The first-order valence-electron chi connectivity index (χ1n) is 7.10. The number of carboxylic acids is 1. The molecule has 0 saturated heterocycles. The van der Waals surface area contributed by atoms with E-state index in [4.69, 9.17) is 5.11 Å². The summed E-state index contributed by atoms with van der Waals surface area (Å²) in [5, 5.41) is 19.6. The van der Waals surface area contributed by atoms with Crippen molar-refractivity contribution in [2.45, 2.75) is 25.8 Å². The maximum absolute atomic E-state index is 11.7. The number of rotatable bonds is 5. The second-order valence-electron chi connectivity index (χ2n) is 5.42. The van der Waals surface area contributed by atoms with Gasteiger partial charge < -0.3 is 10.4 Å². The smallest absolute Gasteiger partial charge is 0.328 e. The fourth-order valence-corrected chi connectivity index (χ4v) is 2.16. The molecule has 1 aromatic carbocycles. The molecule has 2 aromatic rings. The predicted molar refractivity (Wildman–Crippen MR) is 79.2 cm³/mol. The summed E-state index contributed by atoms with van der Waals surface area (Å²) in [6, 6.07) is 6.40. The molecule has 1 heterocycles. The second kappa shape index (κ2) is 5.59. The summed E-state index contributed by atoms with van der Waals surface area (Å²) < 4.78 is 1.36. The van der Waals surface area contributed by atoms with Crippen LogP contribution in [0.2, 0.25) is 0 Å². The van der Waals surface area contributed by atoms with Crippen molar-refractivity contribution in [1.29, 1.82) is 0 Å². The molecule has 1 aliphatic rings. The average molecular weight is 300 g/mol. The van der Waals surface area contributed by atoms with Crippen molar-refractivity contribution in [3.8, 4) is 11.3 Å². The van der Waals surface area contributed by atoms with E-state index in [-0.39, 0.29) is 11.8 Å². The molecule has 3 rings (SSSR count). The van der Waals surface area contributed by atoms with E-state index in [1.807, 2.05) is 12.1 Å². The Labute approximate surface area is 126 Å². The minimum Gasteiger partial charge on any atom is -0.480 e. The van der Waals surface area contributed by atoms with Gasteiger partial charge >= 0.3 is 5.97 Å². The summed E-state index contributed by atoms with van der Waals surface area (Å²) >= 11 is 0. The number of hydrogen-bond acceptors (Lipinski definition) is 4. The Bertz CT molecular complexity index is 704. The van der Waals surface area contributed by atoms with Gasteiger partial charge in [-0.2, -0.15) is 0 Å². The largest absolute Gasteiger partial charge is 0.480 e. The van der Waals surface area contributed by atoms with Gasteiger partial charge in [0.15, 0.2) is 0 Å². The lowest BCUT2D eigenvalue weighted by Gasteiger charge is -2.11. The maximum atomic E-state index is 11.7. The SMILES string of the molecule is CC(C(=O)O)n1nncc1-c1ccc(NC(=O)C2CC2)cc1. The van der Waals surface area contributed by atoms with E-state index < -0.39 is 12.0 Å². The van der Waals surface area contributed by atoms with Crippen LogP contribution in [0.4, 0.5) is 5.69 Å². The highest BCUT2D eigenvalue weighted by molar-refractivity contribution is 5.94. The van der Waals surface area contributed by atoms with Crippen LogP contribution in [0.3, 0.4) is 0 Å². The number of carbonyl (C=O) groups excluding carboxylic acids is 1. The van der Waals surface area contributed by atoms with Gasteiger partial charge in [-0.25, -0.2) is 9.48 Å². The molecule has 0 radical (unpaired) electrons. The molecule has 0 spiro atoms. The molecule has 7 nitrogen and oxygen atoms in total. The Morgan fingerprint density at radius 3 is 2.59 bits per heavy atom. The number of aliphatic carboxylic acids is 1. The highest BCUT2D eigenvalue weighted by atomic mass is 16.4. The van der Waals surface area contributed by atoms with E-state index in [1.54, 1.807) is 19.1 Å². The monoisotopic (exact) mass is 300 g/mol. The number of nitrogens with zero attached hydrogens (tertiary/aromatic N) is 3.